The predicted octanol–water partition coefficient (Wildman–Crippen LogP) is 5.76. The summed E-state index contributed by atoms with van der Waals surface area (Å²) < 4.78 is 22.4. The number of methoxy groups -OCH3 is 4. The van der Waals surface area contributed by atoms with Crippen LogP contribution in [-0.2, 0) is 22.4 Å². The lowest BCUT2D eigenvalue weighted by atomic mass is 9.86. The number of carbonyl (C=O) groups is 2. The summed E-state index contributed by atoms with van der Waals surface area (Å²) in [5, 5.41) is 0. The second kappa shape index (κ2) is 12.9. The zero-order valence-corrected chi connectivity index (χ0v) is 26.1. The number of benzene rings is 4. The maximum atomic E-state index is 14.2. The molecule has 2 unspecified atom stereocenters. The van der Waals surface area contributed by atoms with Gasteiger partial charge in [-0.15, -0.1) is 0 Å². The molecule has 6 rings (SSSR count). The Balaban J connectivity index is 1.34. The first kappa shape index (κ1) is 30.1. The standard InChI is InChI=1S/C37H38N2O6/c1-42-30-19-26-15-17-38(36(24-11-7-5-8-12-24)28(26)21-32(30)44-3)34(40)23-35(41)39-18-16-27-20-31(43-2)33(45-4)22-29(27)37(39)25-13-9-6-10-14-25/h5-14,19-22,36-37H,15-18,23H2,1-4H3. The van der Waals surface area contributed by atoms with Gasteiger partial charge in [0.05, 0.1) is 40.5 Å². The summed E-state index contributed by atoms with van der Waals surface area (Å²) in [6.07, 6.45) is 1.05. The van der Waals surface area contributed by atoms with Crippen LogP contribution in [0.1, 0.15) is 51.9 Å². The molecule has 2 aliphatic heterocycles. The van der Waals surface area contributed by atoms with Gasteiger partial charge in [0.1, 0.15) is 6.42 Å². The lowest BCUT2D eigenvalue weighted by Crippen LogP contribution is -2.45. The van der Waals surface area contributed by atoms with E-state index in [4.69, 9.17) is 18.9 Å². The van der Waals surface area contributed by atoms with Crippen LogP contribution in [0.25, 0.3) is 0 Å². The molecule has 8 nitrogen and oxygen atoms in total. The molecule has 0 N–H and O–H groups in total. The number of fused-ring (bicyclic) bond motifs is 2. The Labute approximate surface area is 264 Å². The van der Waals surface area contributed by atoms with E-state index >= 15 is 0 Å². The van der Waals surface area contributed by atoms with E-state index < -0.39 is 0 Å². The van der Waals surface area contributed by atoms with Gasteiger partial charge in [-0.05, 0) is 70.5 Å². The molecule has 45 heavy (non-hydrogen) atoms. The number of hydrogen-bond acceptors (Lipinski definition) is 6. The minimum absolute atomic E-state index is 0.209. The van der Waals surface area contributed by atoms with E-state index in [2.05, 4.69) is 0 Å². The van der Waals surface area contributed by atoms with Crippen LogP contribution in [0.5, 0.6) is 23.0 Å². The first-order valence-corrected chi connectivity index (χ1v) is 15.2. The molecule has 232 valence electrons. The summed E-state index contributed by atoms with van der Waals surface area (Å²) in [6, 6.07) is 27.1. The van der Waals surface area contributed by atoms with E-state index in [1.165, 1.54) is 0 Å². The molecule has 2 amide bonds. The van der Waals surface area contributed by atoms with E-state index in [-0.39, 0.29) is 30.3 Å². The zero-order chi connectivity index (χ0) is 31.5. The highest BCUT2D eigenvalue weighted by Crippen LogP contribution is 2.43. The predicted molar refractivity (Wildman–Crippen MR) is 171 cm³/mol. The molecule has 0 fully saturated rings. The smallest absolute Gasteiger partial charge is 0.232 e. The third kappa shape index (κ3) is 5.68. The van der Waals surface area contributed by atoms with Crippen LogP contribution < -0.4 is 18.9 Å². The third-order valence-corrected chi connectivity index (χ3v) is 8.92. The molecule has 0 radical (unpaired) electrons. The fourth-order valence-corrected chi connectivity index (χ4v) is 6.75. The van der Waals surface area contributed by atoms with Crippen molar-refractivity contribution in [2.75, 3.05) is 41.5 Å². The summed E-state index contributed by atoms with van der Waals surface area (Å²) in [7, 11) is 6.46. The quantitative estimate of drug-likeness (QED) is 0.238. The molecule has 0 aliphatic carbocycles. The second-order valence-corrected chi connectivity index (χ2v) is 11.3. The van der Waals surface area contributed by atoms with Crippen molar-refractivity contribution in [3.8, 4) is 23.0 Å². The van der Waals surface area contributed by atoms with Crippen molar-refractivity contribution in [3.63, 3.8) is 0 Å². The van der Waals surface area contributed by atoms with Crippen LogP contribution in [-0.4, -0.2) is 63.1 Å². The van der Waals surface area contributed by atoms with E-state index in [0.717, 1.165) is 33.4 Å². The van der Waals surface area contributed by atoms with Crippen molar-refractivity contribution in [2.45, 2.75) is 31.3 Å². The molecule has 4 aromatic rings. The fourth-order valence-electron chi connectivity index (χ4n) is 6.75. The monoisotopic (exact) mass is 606 g/mol. The number of ether oxygens (including phenoxy) is 4. The molecule has 0 saturated carbocycles. The van der Waals surface area contributed by atoms with E-state index in [1.807, 2.05) is 94.7 Å². The largest absolute Gasteiger partial charge is 0.493 e. The normalized spacial score (nSPS) is 17.2. The van der Waals surface area contributed by atoms with Gasteiger partial charge in [0.2, 0.25) is 11.8 Å². The summed E-state index contributed by atoms with van der Waals surface area (Å²) in [4.78, 5) is 32.0. The Morgan fingerprint density at radius 2 is 0.933 bits per heavy atom. The Morgan fingerprint density at radius 3 is 1.29 bits per heavy atom. The first-order chi connectivity index (χ1) is 22.0. The molecular weight excluding hydrogens is 568 g/mol. The molecule has 4 aromatic carbocycles. The number of amides is 2. The van der Waals surface area contributed by atoms with Gasteiger partial charge >= 0.3 is 0 Å². The van der Waals surface area contributed by atoms with Crippen LogP contribution in [0, 0.1) is 0 Å². The summed E-state index contributed by atoms with van der Waals surface area (Å²) in [6.45, 7) is 0.964. The zero-order valence-electron chi connectivity index (χ0n) is 26.1. The van der Waals surface area contributed by atoms with Crippen molar-refractivity contribution in [1.29, 1.82) is 0 Å². The average molecular weight is 607 g/mol. The van der Waals surface area contributed by atoms with Crippen LogP contribution in [0.3, 0.4) is 0 Å². The van der Waals surface area contributed by atoms with Crippen molar-refractivity contribution in [2.24, 2.45) is 0 Å². The number of carbonyl (C=O) groups excluding carboxylic acids is 2. The van der Waals surface area contributed by atoms with Crippen molar-refractivity contribution in [3.05, 3.63) is 118 Å². The van der Waals surface area contributed by atoms with Crippen molar-refractivity contribution in [1.82, 2.24) is 9.80 Å². The third-order valence-electron chi connectivity index (χ3n) is 8.92. The molecule has 2 aliphatic rings. The number of hydrogen-bond donors (Lipinski definition) is 0. The number of rotatable bonds is 8. The van der Waals surface area contributed by atoms with Gasteiger partial charge < -0.3 is 28.7 Å². The van der Waals surface area contributed by atoms with Crippen LogP contribution in [0.2, 0.25) is 0 Å². The molecule has 2 heterocycles. The van der Waals surface area contributed by atoms with Crippen LogP contribution in [0.15, 0.2) is 84.9 Å². The highest BCUT2D eigenvalue weighted by molar-refractivity contribution is 5.98. The minimum Gasteiger partial charge on any atom is -0.493 e. The van der Waals surface area contributed by atoms with Gasteiger partial charge in [0, 0.05) is 13.1 Å². The number of nitrogens with zero attached hydrogens (tertiary/aromatic N) is 2. The van der Waals surface area contributed by atoms with E-state index in [1.54, 1.807) is 28.4 Å². The van der Waals surface area contributed by atoms with Crippen molar-refractivity contribution >= 4 is 11.8 Å². The van der Waals surface area contributed by atoms with Crippen molar-refractivity contribution < 1.29 is 28.5 Å². The minimum atomic E-state index is -0.362. The Kier molecular flexibility index (Phi) is 8.65. The first-order valence-electron chi connectivity index (χ1n) is 15.2. The second-order valence-electron chi connectivity index (χ2n) is 11.3. The topological polar surface area (TPSA) is 77.5 Å². The molecule has 0 bridgehead atoms. The molecule has 0 spiro atoms. The molecule has 0 aromatic heterocycles. The lowest BCUT2D eigenvalue weighted by Gasteiger charge is -2.40. The maximum absolute atomic E-state index is 14.2. The van der Waals surface area contributed by atoms with Gasteiger partial charge in [0.25, 0.3) is 0 Å². The van der Waals surface area contributed by atoms with Crippen LogP contribution >= 0.6 is 0 Å². The van der Waals surface area contributed by atoms with E-state index in [9.17, 15) is 9.59 Å². The molecule has 0 saturated heterocycles. The van der Waals surface area contributed by atoms with Gasteiger partial charge in [-0.3, -0.25) is 9.59 Å². The Morgan fingerprint density at radius 1 is 0.578 bits per heavy atom. The fraction of sp³-hybridized carbons (Fsp3) is 0.297. The van der Waals surface area contributed by atoms with Crippen LogP contribution in [0.4, 0.5) is 0 Å². The van der Waals surface area contributed by atoms with Gasteiger partial charge in [-0.1, -0.05) is 60.7 Å². The van der Waals surface area contributed by atoms with Gasteiger partial charge in [-0.25, -0.2) is 0 Å². The summed E-state index contributed by atoms with van der Waals surface area (Å²) in [5.74, 6) is 2.10. The van der Waals surface area contributed by atoms with Gasteiger partial charge in [-0.2, -0.15) is 0 Å². The maximum Gasteiger partial charge on any atom is 0.232 e. The van der Waals surface area contributed by atoms with E-state index in [0.29, 0.717) is 48.9 Å². The molecule has 8 heteroatoms. The summed E-state index contributed by atoms with van der Waals surface area (Å²) in [5.41, 5.74) is 6.08. The lowest BCUT2D eigenvalue weighted by molar-refractivity contribution is -0.143. The molecular formula is C37H38N2O6. The highest BCUT2D eigenvalue weighted by atomic mass is 16.5. The Hall–Kier alpha value is -4.98. The molecule has 2 atom stereocenters. The summed E-state index contributed by atoms with van der Waals surface area (Å²) >= 11 is 0. The SMILES string of the molecule is COc1cc2c(cc1OC)C(c1ccccc1)N(C(=O)CC(=O)N1CCc3cc(OC)c(OC)cc3C1c1ccccc1)CC2. The highest BCUT2D eigenvalue weighted by Gasteiger charge is 2.37. The van der Waals surface area contributed by atoms with Gasteiger partial charge in [0.15, 0.2) is 23.0 Å². The average Bonchev–Trinajstić information content (AvgIpc) is 3.09. The Bertz CT molecular complexity index is 1570.